The van der Waals surface area contributed by atoms with Crippen LogP contribution in [0.5, 0.6) is 0 Å². The van der Waals surface area contributed by atoms with Gasteiger partial charge in [0, 0.05) is 41.7 Å². The van der Waals surface area contributed by atoms with Gasteiger partial charge in [-0.15, -0.1) is 0 Å². The van der Waals surface area contributed by atoms with Gasteiger partial charge in [-0.25, -0.2) is 4.79 Å². The summed E-state index contributed by atoms with van der Waals surface area (Å²) >= 11 is 0. The molecule has 0 aliphatic carbocycles. The Labute approximate surface area is 237 Å². The standard InChI is InChI=1S/C32H40N2O6/c1-31(2,3)40-27(35)21-32(4,5)28(30(37)38-6)33-29(36)26-15-13-24(14-16-26)8-7-23-9-11-25(12-10-23)22-34-17-19-39-20-18-34/h9-16,28H,17-22H2,1-6H3,(H,33,36). The number of methoxy groups -OCH3 is 1. The maximum absolute atomic E-state index is 13.0. The first kappa shape index (κ1) is 30.9. The molecular formula is C32H40N2O6. The molecule has 1 N–H and O–H groups in total. The molecule has 1 amide bonds. The minimum Gasteiger partial charge on any atom is -0.467 e. The number of morpholine rings is 1. The van der Waals surface area contributed by atoms with Crippen molar-refractivity contribution in [2.45, 2.75) is 59.2 Å². The number of rotatable bonds is 8. The highest BCUT2D eigenvalue weighted by Gasteiger charge is 2.40. The van der Waals surface area contributed by atoms with Crippen LogP contribution in [-0.4, -0.2) is 67.8 Å². The minimum atomic E-state index is -1.05. The van der Waals surface area contributed by atoms with Gasteiger partial charge >= 0.3 is 11.9 Å². The Bertz CT molecular complexity index is 1230. The van der Waals surface area contributed by atoms with Crippen molar-refractivity contribution in [3.63, 3.8) is 0 Å². The molecule has 1 unspecified atom stereocenters. The summed E-state index contributed by atoms with van der Waals surface area (Å²) in [6.07, 6.45) is -0.0763. The largest absolute Gasteiger partial charge is 0.467 e. The summed E-state index contributed by atoms with van der Waals surface area (Å²) in [5, 5.41) is 2.74. The third kappa shape index (κ3) is 9.51. The lowest BCUT2D eigenvalue weighted by Crippen LogP contribution is -2.51. The molecule has 2 aromatic rings. The van der Waals surface area contributed by atoms with Crippen LogP contribution in [0, 0.1) is 17.3 Å². The molecule has 0 spiro atoms. The second-order valence-electron chi connectivity index (χ2n) is 11.6. The summed E-state index contributed by atoms with van der Waals surface area (Å²) in [5.41, 5.74) is 1.65. The third-order valence-corrected chi connectivity index (χ3v) is 6.48. The molecule has 1 saturated heterocycles. The number of esters is 2. The van der Waals surface area contributed by atoms with Crippen LogP contribution in [0.2, 0.25) is 0 Å². The number of hydrogen-bond donors (Lipinski definition) is 1. The Kier molecular flexibility index (Phi) is 10.5. The van der Waals surface area contributed by atoms with Crippen LogP contribution in [-0.2, 0) is 30.3 Å². The van der Waals surface area contributed by atoms with E-state index in [0.717, 1.165) is 44.0 Å². The molecule has 3 rings (SSSR count). The summed E-state index contributed by atoms with van der Waals surface area (Å²) in [7, 11) is 1.25. The van der Waals surface area contributed by atoms with Crippen LogP contribution in [0.4, 0.5) is 0 Å². The number of amides is 1. The van der Waals surface area contributed by atoms with E-state index < -0.39 is 34.9 Å². The lowest BCUT2D eigenvalue weighted by atomic mass is 9.80. The predicted molar refractivity (Wildman–Crippen MR) is 152 cm³/mol. The number of carbonyl (C=O) groups is 3. The number of carbonyl (C=O) groups excluding carboxylic acids is 3. The van der Waals surface area contributed by atoms with E-state index in [1.807, 2.05) is 12.1 Å². The number of nitrogens with zero attached hydrogens (tertiary/aromatic N) is 1. The topological polar surface area (TPSA) is 94.2 Å². The minimum absolute atomic E-state index is 0.0763. The van der Waals surface area contributed by atoms with Gasteiger partial charge in [0.05, 0.1) is 26.7 Å². The SMILES string of the molecule is COC(=O)C(NC(=O)c1ccc(C#Cc2ccc(CN3CCOCC3)cc2)cc1)C(C)(C)CC(=O)OC(C)(C)C. The molecule has 1 heterocycles. The van der Waals surface area contributed by atoms with Gasteiger partial charge in [-0.1, -0.05) is 37.8 Å². The maximum atomic E-state index is 13.0. The molecule has 2 aromatic carbocycles. The summed E-state index contributed by atoms with van der Waals surface area (Å²) in [6, 6.07) is 14.0. The first-order chi connectivity index (χ1) is 18.9. The van der Waals surface area contributed by atoms with E-state index in [1.54, 1.807) is 58.9 Å². The quantitative estimate of drug-likeness (QED) is 0.394. The average molecular weight is 549 g/mol. The average Bonchev–Trinajstić information content (AvgIpc) is 2.90. The highest BCUT2D eigenvalue weighted by atomic mass is 16.6. The zero-order valence-corrected chi connectivity index (χ0v) is 24.3. The maximum Gasteiger partial charge on any atom is 0.328 e. The first-order valence-electron chi connectivity index (χ1n) is 13.5. The van der Waals surface area contributed by atoms with Gasteiger partial charge in [0.15, 0.2) is 0 Å². The van der Waals surface area contributed by atoms with Gasteiger partial charge in [-0.3, -0.25) is 14.5 Å². The van der Waals surface area contributed by atoms with Gasteiger partial charge in [0.1, 0.15) is 11.6 Å². The molecule has 1 fully saturated rings. The van der Waals surface area contributed by atoms with E-state index in [9.17, 15) is 14.4 Å². The van der Waals surface area contributed by atoms with Crippen LogP contribution in [0.25, 0.3) is 0 Å². The van der Waals surface area contributed by atoms with Gasteiger partial charge in [0.2, 0.25) is 0 Å². The molecule has 1 aliphatic rings. The molecule has 0 aromatic heterocycles. The normalized spacial score (nSPS) is 14.8. The van der Waals surface area contributed by atoms with Crippen molar-refractivity contribution in [3.8, 4) is 11.8 Å². The fraction of sp³-hybridized carbons (Fsp3) is 0.469. The fourth-order valence-electron chi connectivity index (χ4n) is 4.32. The molecule has 0 saturated carbocycles. The van der Waals surface area contributed by atoms with Gasteiger partial charge in [0.25, 0.3) is 5.91 Å². The smallest absolute Gasteiger partial charge is 0.328 e. The molecule has 0 bridgehead atoms. The van der Waals surface area contributed by atoms with Crippen molar-refractivity contribution >= 4 is 17.8 Å². The summed E-state index contributed by atoms with van der Waals surface area (Å²) < 4.78 is 15.7. The van der Waals surface area contributed by atoms with Gasteiger partial charge in [-0.2, -0.15) is 0 Å². The van der Waals surface area contributed by atoms with Crippen molar-refractivity contribution in [2.24, 2.45) is 5.41 Å². The molecule has 40 heavy (non-hydrogen) atoms. The third-order valence-electron chi connectivity index (χ3n) is 6.48. The summed E-state index contributed by atoms with van der Waals surface area (Å²) in [5.74, 6) is 4.73. The van der Waals surface area contributed by atoms with E-state index >= 15 is 0 Å². The van der Waals surface area contributed by atoms with Crippen LogP contribution in [0.1, 0.15) is 68.1 Å². The Morgan fingerprint density at radius 2 is 1.48 bits per heavy atom. The number of nitrogens with one attached hydrogen (secondary N) is 1. The van der Waals surface area contributed by atoms with E-state index in [0.29, 0.717) is 5.56 Å². The van der Waals surface area contributed by atoms with Crippen molar-refractivity contribution in [3.05, 3.63) is 70.8 Å². The lowest BCUT2D eigenvalue weighted by molar-refractivity contribution is -0.159. The van der Waals surface area contributed by atoms with Crippen molar-refractivity contribution in [2.75, 3.05) is 33.4 Å². The Morgan fingerprint density at radius 1 is 0.925 bits per heavy atom. The highest BCUT2D eigenvalue weighted by molar-refractivity contribution is 5.97. The number of benzene rings is 2. The van der Waals surface area contributed by atoms with E-state index in [2.05, 4.69) is 34.2 Å². The lowest BCUT2D eigenvalue weighted by Gasteiger charge is -2.33. The van der Waals surface area contributed by atoms with E-state index in [1.165, 1.54) is 12.7 Å². The molecule has 1 atom stereocenters. The van der Waals surface area contributed by atoms with Gasteiger partial charge in [-0.05, 0) is 62.7 Å². The summed E-state index contributed by atoms with van der Waals surface area (Å²) in [6.45, 7) is 13.1. The van der Waals surface area contributed by atoms with E-state index in [4.69, 9.17) is 14.2 Å². The second kappa shape index (κ2) is 13.6. The molecule has 1 aliphatic heterocycles. The van der Waals surface area contributed by atoms with Crippen molar-refractivity contribution in [1.82, 2.24) is 10.2 Å². The van der Waals surface area contributed by atoms with Gasteiger partial charge < -0.3 is 19.5 Å². The second-order valence-corrected chi connectivity index (χ2v) is 11.6. The van der Waals surface area contributed by atoms with Crippen LogP contribution in [0.15, 0.2) is 48.5 Å². The Hall–Kier alpha value is -3.67. The van der Waals surface area contributed by atoms with E-state index in [-0.39, 0.29) is 6.42 Å². The monoisotopic (exact) mass is 548 g/mol. The highest BCUT2D eigenvalue weighted by Crippen LogP contribution is 2.28. The molecule has 8 heteroatoms. The molecule has 214 valence electrons. The molecule has 8 nitrogen and oxygen atoms in total. The molecule has 0 radical (unpaired) electrons. The Morgan fingerprint density at radius 3 is 2.00 bits per heavy atom. The first-order valence-corrected chi connectivity index (χ1v) is 13.5. The summed E-state index contributed by atoms with van der Waals surface area (Å²) in [4.78, 5) is 40.4. The van der Waals surface area contributed by atoms with Crippen LogP contribution < -0.4 is 5.32 Å². The number of hydrogen-bond acceptors (Lipinski definition) is 7. The molecular weight excluding hydrogens is 508 g/mol. The zero-order valence-electron chi connectivity index (χ0n) is 24.3. The number of ether oxygens (including phenoxy) is 3. The Balaban J connectivity index is 1.63. The predicted octanol–water partition coefficient (Wildman–Crippen LogP) is 3.95. The van der Waals surface area contributed by atoms with Crippen molar-refractivity contribution in [1.29, 1.82) is 0 Å². The van der Waals surface area contributed by atoms with Crippen LogP contribution in [0.3, 0.4) is 0 Å². The van der Waals surface area contributed by atoms with Crippen LogP contribution >= 0.6 is 0 Å². The fourth-order valence-corrected chi connectivity index (χ4v) is 4.32. The van der Waals surface area contributed by atoms with Crippen molar-refractivity contribution < 1.29 is 28.6 Å². The zero-order chi connectivity index (χ0) is 29.3.